The fourth-order valence-electron chi connectivity index (χ4n) is 3.19. The molecule has 0 saturated heterocycles. The molecule has 0 bridgehead atoms. The zero-order valence-electron chi connectivity index (χ0n) is 18.3. The number of aliphatic hydroxyl groups excluding tert-OH is 1. The van der Waals surface area contributed by atoms with Crippen LogP contribution in [0, 0.1) is 0 Å². The Morgan fingerprint density at radius 2 is 1.74 bits per heavy atom. The van der Waals surface area contributed by atoms with Crippen molar-refractivity contribution in [2.24, 2.45) is 5.73 Å². The lowest BCUT2D eigenvalue weighted by Gasteiger charge is -2.23. The van der Waals surface area contributed by atoms with Crippen LogP contribution in [0.4, 0.5) is 0 Å². The van der Waals surface area contributed by atoms with Gasteiger partial charge >= 0.3 is 11.9 Å². The van der Waals surface area contributed by atoms with Gasteiger partial charge in [-0.05, 0) is 18.6 Å². The average molecular weight is 477 g/mol. The summed E-state index contributed by atoms with van der Waals surface area (Å²) in [6.45, 7) is 0.585. The van der Waals surface area contributed by atoms with Crippen molar-refractivity contribution in [1.29, 1.82) is 0 Å². The molecule has 0 radical (unpaired) electrons. The number of aromatic amines is 1. The highest BCUT2D eigenvalue weighted by molar-refractivity contribution is 5.93. The molecule has 0 aliphatic carbocycles. The second kappa shape index (κ2) is 11.8. The smallest absolute Gasteiger partial charge is 0.326 e. The number of hydrogen-bond acceptors (Lipinski definition) is 7. The fraction of sp³-hybridized carbons (Fsp3) is 0.381. The Labute approximate surface area is 193 Å². The maximum atomic E-state index is 12.7. The first-order valence-corrected chi connectivity index (χ1v) is 10.3. The number of rotatable bonds is 12. The lowest BCUT2D eigenvalue weighted by molar-refractivity contribution is -0.142. The Bertz CT molecular complexity index is 1070. The number of para-hydroxylation sites is 1. The van der Waals surface area contributed by atoms with E-state index in [1.807, 2.05) is 12.1 Å². The summed E-state index contributed by atoms with van der Waals surface area (Å²) in [6.07, 6.45) is -0.447. The summed E-state index contributed by atoms with van der Waals surface area (Å²) in [5.74, 6) is -5.31. The Balaban J connectivity index is 2.00. The third kappa shape index (κ3) is 7.28. The zero-order chi connectivity index (χ0) is 25.4. The SMILES string of the molecule is CC(O)C(NC(=O)CNC(=O)C(N)CC(=O)O)C(=O)NC(Cc1c[nH]c2ccccc12)C(=O)O. The maximum absolute atomic E-state index is 12.7. The van der Waals surface area contributed by atoms with E-state index in [9.17, 15) is 34.2 Å². The summed E-state index contributed by atoms with van der Waals surface area (Å²) in [6, 6.07) is 3.00. The van der Waals surface area contributed by atoms with Gasteiger partial charge in [0.2, 0.25) is 17.7 Å². The van der Waals surface area contributed by atoms with Gasteiger partial charge in [-0.15, -0.1) is 0 Å². The van der Waals surface area contributed by atoms with Crippen LogP contribution in [0.1, 0.15) is 18.9 Å². The molecule has 184 valence electrons. The van der Waals surface area contributed by atoms with Crippen LogP contribution in [0.2, 0.25) is 0 Å². The number of benzene rings is 1. The van der Waals surface area contributed by atoms with Gasteiger partial charge in [-0.25, -0.2) is 4.79 Å². The van der Waals surface area contributed by atoms with Crippen LogP contribution in [0.5, 0.6) is 0 Å². The number of nitrogens with one attached hydrogen (secondary N) is 4. The van der Waals surface area contributed by atoms with Crippen LogP contribution >= 0.6 is 0 Å². The molecule has 0 saturated carbocycles. The molecule has 9 N–H and O–H groups in total. The molecule has 34 heavy (non-hydrogen) atoms. The lowest BCUT2D eigenvalue weighted by Crippen LogP contribution is -2.57. The minimum atomic E-state index is -1.51. The summed E-state index contributed by atoms with van der Waals surface area (Å²) in [5.41, 5.74) is 6.84. The number of carbonyl (C=O) groups is 5. The Morgan fingerprint density at radius 3 is 2.35 bits per heavy atom. The zero-order valence-corrected chi connectivity index (χ0v) is 18.3. The van der Waals surface area contributed by atoms with Crippen molar-refractivity contribution in [2.45, 2.75) is 44.0 Å². The molecule has 4 unspecified atom stereocenters. The number of amides is 3. The van der Waals surface area contributed by atoms with Gasteiger partial charge in [0.05, 0.1) is 25.1 Å². The highest BCUT2D eigenvalue weighted by atomic mass is 16.4. The van der Waals surface area contributed by atoms with Crippen molar-refractivity contribution in [3.8, 4) is 0 Å². The maximum Gasteiger partial charge on any atom is 0.326 e. The monoisotopic (exact) mass is 477 g/mol. The van der Waals surface area contributed by atoms with Crippen molar-refractivity contribution in [1.82, 2.24) is 20.9 Å². The van der Waals surface area contributed by atoms with E-state index < -0.39 is 66.9 Å². The summed E-state index contributed by atoms with van der Waals surface area (Å²) < 4.78 is 0. The molecule has 13 nitrogen and oxygen atoms in total. The van der Waals surface area contributed by atoms with Gasteiger partial charge in [0, 0.05) is 23.5 Å². The molecule has 0 aliphatic heterocycles. The van der Waals surface area contributed by atoms with Gasteiger partial charge in [0.15, 0.2) is 0 Å². The van der Waals surface area contributed by atoms with Gasteiger partial charge in [0.1, 0.15) is 12.1 Å². The van der Waals surface area contributed by atoms with Gasteiger partial charge in [-0.2, -0.15) is 0 Å². The Kier molecular flexibility index (Phi) is 9.10. The van der Waals surface area contributed by atoms with Crippen LogP contribution < -0.4 is 21.7 Å². The van der Waals surface area contributed by atoms with E-state index in [0.717, 1.165) is 10.9 Å². The minimum Gasteiger partial charge on any atom is -0.481 e. The highest BCUT2D eigenvalue weighted by Gasteiger charge is 2.30. The molecule has 1 aromatic heterocycles. The largest absolute Gasteiger partial charge is 0.481 e. The number of aliphatic carboxylic acids is 2. The second-order valence-corrected chi connectivity index (χ2v) is 7.67. The van der Waals surface area contributed by atoms with E-state index in [2.05, 4.69) is 20.9 Å². The second-order valence-electron chi connectivity index (χ2n) is 7.67. The fourth-order valence-corrected chi connectivity index (χ4v) is 3.19. The number of H-pyrrole nitrogens is 1. The number of fused-ring (bicyclic) bond motifs is 1. The summed E-state index contributed by atoms with van der Waals surface area (Å²) in [4.78, 5) is 61.9. The van der Waals surface area contributed by atoms with Crippen molar-refractivity contribution in [3.05, 3.63) is 36.0 Å². The first-order chi connectivity index (χ1) is 16.0. The van der Waals surface area contributed by atoms with E-state index in [1.165, 1.54) is 6.92 Å². The van der Waals surface area contributed by atoms with Crippen LogP contribution in [0.15, 0.2) is 30.5 Å². The molecule has 0 spiro atoms. The van der Waals surface area contributed by atoms with Gasteiger partial charge in [0.25, 0.3) is 0 Å². The highest BCUT2D eigenvalue weighted by Crippen LogP contribution is 2.19. The number of carboxylic acids is 2. The van der Waals surface area contributed by atoms with Crippen molar-refractivity contribution in [3.63, 3.8) is 0 Å². The van der Waals surface area contributed by atoms with Crippen molar-refractivity contribution < 1.29 is 39.3 Å². The molecule has 1 aromatic carbocycles. The molecule has 2 aromatic rings. The predicted molar refractivity (Wildman–Crippen MR) is 118 cm³/mol. The standard InChI is InChI=1S/C21H27N5O8/c1-10(27)18(26-16(28)9-24-19(31)13(22)7-17(29)30)20(32)25-15(21(33)34)6-11-8-23-14-5-3-2-4-12(11)14/h2-5,8,10,13,15,18,23,27H,6-7,9,22H2,1H3,(H,24,31)(H,25,32)(H,26,28)(H,29,30)(H,33,34). The van der Waals surface area contributed by atoms with Crippen LogP contribution in [0.3, 0.4) is 0 Å². The van der Waals surface area contributed by atoms with Crippen LogP contribution in [0.25, 0.3) is 10.9 Å². The Morgan fingerprint density at radius 1 is 1.06 bits per heavy atom. The first kappa shape index (κ1) is 26.3. The summed E-state index contributed by atoms with van der Waals surface area (Å²) in [7, 11) is 0. The molecule has 0 aliphatic rings. The number of carbonyl (C=O) groups excluding carboxylic acids is 3. The molecular weight excluding hydrogens is 450 g/mol. The molecule has 3 amide bonds. The normalized spacial score (nSPS) is 14.4. The quantitative estimate of drug-likeness (QED) is 0.170. The number of aliphatic hydroxyl groups is 1. The Hall–Kier alpha value is -3.97. The van der Waals surface area contributed by atoms with E-state index >= 15 is 0 Å². The number of carboxylic acid groups (broad SMARTS) is 2. The van der Waals surface area contributed by atoms with Gasteiger partial charge < -0.3 is 42.0 Å². The first-order valence-electron chi connectivity index (χ1n) is 10.3. The average Bonchev–Trinajstić information content (AvgIpc) is 3.17. The summed E-state index contributed by atoms with van der Waals surface area (Å²) in [5, 5.41) is 35.6. The number of hydrogen-bond donors (Lipinski definition) is 8. The number of nitrogens with two attached hydrogens (primary N) is 1. The lowest BCUT2D eigenvalue weighted by atomic mass is 10.0. The van der Waals surface area contributed by atoms with Crippen LogP contribution in [-0.2, 0) is 30.4 Å². The number of aromatic nitrogens is 1. The summed E-state index contributed by atoms with van der Waals surface area (Å²) >= 11 is 0. The molecule has 2 rings (SSSR count). The van der Waals surface area contributed by atoms with E-state index in [0.29, 0.717) is 5.56 Å². The molecule has 4 atom stereocenters. The topological polar surface area (TPSA) is 224 Å². The third-order valence-corrected chi connectivity index (χ3v) is 4.95. The third-order valence-electron chi connectivity index (χ3n) is 4.95. The molecule has 1 heterocycles. The van der Waals surface area contributed by atoms with Crippen molar-refractivity contribution >= 4 is 40.6 Å². The van der Waals surface area contributed by atoms with E-state index in [1.54, 1.807) is 18.3 Å². The van der Waals surface area contributed by atoms with Gasteiger partial charge in [-0.1, -0.05) is 18.2 Å². The molecular formula is C21H27N5O8. The molecule has 0 fully saturated rings. The molecule has 13 heteroatoms. The van der Waals surface area contributed by atoms with E-state index in [4.69, 9.17) is 10.8 Å². The van der Waals surface area contributed by atoms with Crippen LogP contribution in [-0.4, -0.2) is 80.7 Å². The van der Waals surface area contributed by atoms with Crippen molar-refractivity contribution in [2.75, 3.05) is 6.54 Å². The van der Waals surface area contributed by atoms with Gasteiger partial charge in [-0.3, -0.25) is 19.2 Å². The minimum absolute atomic E-state index is 0.0525. The predicted octanol–water partition coefficient (Wildman–Crippen LogP) is -1.94. The van der Waals surface area contributed by atoms with E-state index in [-0.39, 0.29) is 6.42 Å².